The van der Waals surface area contributed by atoms with Gasteiger partial charge in [-0.2, -0.15) is 0 Å². The summed E-state index contributed by atoms with van der Waals surface area (Å²) in [6, 6.07) is 0. The minimum absolute atomic E-state index is 0.363. The fraction of sp³-hybridized carbons (Fsp3) is 0.500. The van der Waals surface area contributed by atoms with Gasteiger partial charge >= 0.3 is 0 Å². The van der Waals surface area contributed by atoms with E-state index in [1.165, 1.54) is 0 Å². The number of aliphatic imine (C=N–C) groups is 1. The molecule has 0 radical (unpaired) electrons. The Morgan fingerprint density at radius 2 is 2.43 bits per heavy atom. The van der Waals surface area contributed by atoms with Gasteiger partial charge in [0.25, 0.3) is 0 Å². The summed E-state index contributed by atoms with van der Waals surface area (Å²) >= 11 is 0. The highest BCUT2D eigenvalue weighted by atomic mass is 33.1. The first-order valence-electron chi connectivity index (χ1n) is 1.60. The number of hydrogen-bond acceptors (Lipinski definition) is 4. The summed E-state index contributed by atoms with van der Waals surface area (Å²) < 4.78 is 20.5. The first-order chi connectivity index (χ1) is 3.21. The second kappa shape index (κ2) is 1.48. The monoisotopic (exact) mass is 137 g/mol. The highest BCUT2D eigenvalue weighted by Gasteiger charge is 2.11. The van der Waals surface area contributed by atoms with Gasteiger partial charge in [-0.15, -0.1) is 0 Å². The molecule has 0 bridgehead atoms. The maximum Gasteiger partial charge on any atom is 0.241 e. The van der Waals surface area contributed by atoms with Crippen LogP contribution in [0.4, 0.5) is 0 Å². The van der Waals surface area contributed by atoms with Crippen molar-refractivity contribution < 1.29 is 8.42 Å². The van der Waals surface area contributed by atoms with E-state index in [2.05, 4.69) is 4.99 Å². The SMILES string of the molecule is O=S1(=O)C=NCS1. The summed E-state index contributed by atoms with van der Waals surface area (Å²) in [6.45, 7) is 0. The Labute approximate surface area is 45.1 Å². The molecule has 1 aliphatic heterocycles. The first kappa shape index (κ1) is 5.11. The summed E-state index contributed by atoms with van der Waals surface area (Å²) in [5.41, 5.74) is 0.984. The van der Waals surface area contributed by atoms with E-state index in [0.717, 1.165) is 16.3 Å². The van der Waals surface area contributed by atoms with Gasteiger partial charge in [0.1, 0.15) is 11.4 Å². The molecule has 0 saturated carbocycles. The summed E-state index contributed by atoms with van der Waals surface area (Å²) in [4.78, 5) is 3.49. The Hall–Kier alpha value is -0.0300. The van der Waals surface area contributed by atoms with E-state index in [9.17, 15) is 8.42 Å². The fourth-order valence-corrected chi connectivity index (χ4v) is 1.94. The third-order valence-electron chi connectivity index (χ3n) is 0.495. The Kier molecular flexibility index (Phi) is 1.08. The van der Waals surface area contributed by atoms with Crippen LogP contribution in [0, 0.1) is 0 Å². The molecule has 0 aliphatic carbocycles. The Balaban J connectivity index is 2.99. The van der Waals surface area contributed by atoms with Crippen molar-refractivity contribution in [2.75, 3.05) is 5.88 Å². The van der Waals surface area contributed by atoms with Gasteiger partial charge in [-0.3, -0.25) is 4.99 Å². The Morgan fingerprint density at radius 1 is 1.71 bits per heavy atom. The average Bonchev–Trinajstić information content (AvgIpc) is 1.84. The molecule has 40 valence electrons. The molecule has 0 unspecified atom stereocenters. The van der Waals surface area contributed by atoms with Gasteiger partial charge in [-0.25, -0.2) is 8.42 Å². The minimum Gasteiger partial charge on any atom is -0.268 e. The number of nitrogens with zero attached hydrogens (tertiary/aromatic N) is 1. The second-order valence-corrected chi connectivity index (χ2v) is 4.82. The highest BCUT2D eigenvalue weighted by molar-refractivity contribution is 8.77. The zero-order valence-electron chi connectivity index (χ0n) is 3.36. The van der Waals surface area contributed by atoms with E-state index in [0.29, 0.717) is 5.88 Å². The lowest BCUT2D eigenvalue weighted by Crippen LogP contribution is -1.85. The predicted octanol–water partition coefficient (Wildman–Crippen LogP) is 0.0488. The second-order valence-electron chi connectivity index (χ2n) is 1.03. The van der Waals surface area contributed by atoms with E-state index in [-0.39, 0.29) is 0 Å². The Morgan fingerprint density at radius 3 is 2.57 bits per heavy atom. The van der Waals surface area contributed by atoms with Crippen molar-refractivity contribution in [3.8, 4) is 0 Å². The first-order valence-corrected chi connectivity index (χ1v) is 4.65. The van der Waals surface area contributed by atoms with Gasteiger partial charge in [0.2, 0.25) is 8.87 Å². The summed E-state index contributed by atoms with van der Waals surface area (Å²) in [6.07, 6.45) is 0. The number of rotatable bonds is 0. The van der Waals surface area contributed by atoms with Gasteiger partial charge in [0, 0.05) is 0 Å². The third kappa shape index (κ3) is 1.17. The molecule has 0 atom stereocenters. The van der Waals surface area contributed by atoms with Crippen LogP contribution in [0.2, 0.25) is 0 Å². The molecule has 0 aromatic rings. The molecule has 0 N–H and O–H groups in total. The molecule has 3 nitrogen and oxygen atoms in total. The maximum absolute atomic E-state index is 10.2. The topological polar surface area (TPSA) is 46.5 Å². The predicted molar refractivity (Wildman–Crippen MR) is 29.9 cm³/mol. The molecule has 5 heteroatoms. The molecule has 1 aliphatic rings. The van der Waals surface area contributed by atoms with Crippen LogP contribution in [0.15, 0.2) is 4.99 Å². The van der Waals surface area contributed by atoms with Crippen molar-refractivity contribution in [3.63, 3.8) is 0 Å². The fourth-order valence-electron chi connectivity index (χ4n) is 0.256. The van der Waals surface area contributed by atoms with Crippen molar-refractivity contribution in [2.45, 2.75) is 0 Å². The van der Waals surface area contributed by atoms with Crippen LogP contribution in [0.1, 0.15) is 0 Å². The largest absolute Gasteiger partial charge is 0.268 e. The van der Waals surface area contributed by atoms with Crippen LogP contribution in [0.5, 0.6) is 0 Å². The molecule has 0 saturated heterocycles. The van der Waals surface area contributed by atoms with Crippen molar-refractivity contribution in [1.29, 1.82) is 0 Å². The van der Waals surface area contributed by atoms with Crippen molar-refractivity contribution in [2.24, 2.45) is 4.99 Å². The molecule has 0 fully saturated rings. The van der Waals surface area contributed by atoms with Gasteiger partial charge in [0.15, 0.2) is 0 Å². The average molecular weight is 137 g/mol. The molecule has 0 aromatic heterocycles. The van der Waals surface area contributed by atoms with Crippen molar-refractivity contribution >= 4 is 25.2 Å². The summed E-state index contributed by atoms with van der Waals surface area (Å²) in [5.74, 6) is 0.363. The van der Waals surface area contributed by atoms with Crippen molar-refractivity contribution in [3.05, 3.63) is 0 Å². The smallest absolute Gasteiger partial charge is 0.241 e. The van der Waals surface area contributed by atoms with Gasteiger partial charge in [-0.1, -0.05) is 0 Å². The molecular formula is C2H3NO2S2. The van der Waals surface area contributed by atoms with Crippen molar-refractivity contribution in [1.82, 2.24) is 0 Å². The van der Waals surface area contributed by atoms with E-state index < -0.39 is 8.87 Å². The lowest BCUT2D eigenvalue weighted by molar-refractivity contribution is 0.621. The lowest BCUT2D eigenvalue weighted by Gasteiger charge is -1.76. The zero-order chi connectivity index (χ0) is 5.33. The summed E-state index contributed by atoms with van der Waals surface area (Å²) in [5, 5.41) is 0. The van der Waals surface area contributed by atoms with E-state index in [1.807, 2.05) is 0 Å². The molecule has 1 rings (SSSR count). The quantitative estimate of drug-likeness (QED) is 0.443. The highest BCUT2D eigenvalue weighted by Crippen LogP contribution is 2.15. The van der Waals surface area contributed by atoms with Crippen LogP contribution in [-0.2, 0) is 8.87 Å². The van der Waals surface area contributed by atoms with Crippen LogP contribution >= 0.6 is 10.8 Å². The molecule has 0 amide bonds. The van der Waals surface area contributed by atoms with Crippen LogP contribution in [0.25, 0.3) is 0 Å². The molecule has 1 heterocycles. The van der Waals surface area contributed by atoms with Gasteiger partial charge in [0.05, 0.1) is 0 Å². The van der Waals surface area contributed by atoms with E-state index >= 15 is 0 Å². The maximum atomic E-state index is 10.2. The van der Waals surface area contributed by atoms with E-state index in [1.54, 1.807) is 0 Å². The van der Waals surface area contributed by atoms with Gasteiger partial charge < -0.3 is 0 Å². The lowest BCUT2D eigenvalue weighted by atomic mass is 11.4. The standard InChI is InChI=1S/C2H3NO2S2/c4-7(5)2-3-1-6-7/h2H,1H2. The minimum atomic E-state index is -2.92. The van der Waals surface area contributed by atoms with Crippen LogP contribution < -0.4 is 0 Å². The zero-order valence-corrected chi connectivity index (χ0v) is 5.00. The van der Waals surface area contributed by atoms with E-state index in [4.69, 9.17) is 0 Å². The van der Waals surface area contributed by atoms with Crippen LogP contribution in [0.3, 0.4) is 0 Å². The molecule has 7 heavy (non-hydrogen) atoms. The Bertz CT molecular complexity index is 180. The normalized spacial score (nSPS) is 25.7. The van der Waals surface area contributed by atoms with Crippen LogP contribution in [-0.4, -0.2) is 19.8 Å². The molecule has 0 aromatic carbocycles. The third-order valence-corrected chi connectivity index (χ3v) is 3.05. The number of hydrogen-bond donors (Lipinski definition) is 0. The summed E-state index contributed by atoms with van der Waals surface area (Å²) in [7, 11) is -2.07. The molecular weight excluding hydrogens is 134 g/mol. The molecule has 0 spiro atoms. The van der Waals surface area contributed by atoms with Gasteiger partial charge in [-0.05, 0) is 10.8 Å².